The fourth-order valence-corrected chi connectivity index (χ4v) is 2.11. The maximum atomic E-state index is 12.6. The molecule has 24 heavy (non-hydrogen) atoms. The van der Waals surface area contributed by atoms with Gasteiger partial charge in [0.15, 0.2) is 6.04 Å². The molecular formula is C17H16F3NO3. The van der Waals surface area contributed by atoms with Gasteiger partial charge in [0.1, 0.15) is 5.75 Å². The van der Waals surface area contributed by atoms with Gasteiger partial charge in [-0.1, -0.05) is 12.1 Å². The Balaban J connectivity index is 2.26. The molecule has 2 aromatic rings. The van der Waals surface area contributed by atoms with E-state index >= 15 is 0 Å². The Bertz CT molecular complexity index is 682. The van der Waals surface area contributed by atoms with Gasteiger partial charge in [-0.3, -0.25) is 0 Å². The highest BCUT2D eigenvalue weighted by Crippen LogP contribution is 2.31. The largest absolute Gasteiger partial charge is 0.497 e. The van der Waals surface area contributed by atoms with Crippen molar-refractivity contribution in [2.45, 2.75) is 12.2 Å². The summed E-state index contributed by atoms with van der Waals surface area (Å²) in [7, 11) is 2.75. The van der Waals surface area contributed by atoms with Gasteiger partial charge in [-0.15, -0.1) is 0 Å². The second-order valence-corrected chi connectivity index (χ2v) is 4.95. The second-order valence-electron chi connectivity index (χ2n) is 4.95. The van der Waals surface area contributed by atoms with E-state index in [-0.39, 0.29) is 0 Å². The van der Waals surface area contributed by atoms with Crippen LogP contribution in [0.15, 0.2) is 48.5 Å². The standard InChI is InChI=1S/C17H16F3NO3/c1-23-14-9-7-13(8-10-14)21-15(16(22)24-2)11-3-5-12(6-4-11)17(18,19)20/h3-10,15,21H,1-2H3. The van der Waals surface area contributed by atoms with Crippen molar-refractivity contribution in [3.05, 3.63) is 59.7 Å². The Labute approximate surface area is 137 Å². The molecule has 0 bridgehead atoms. The normalized spacial score (nSPS) is 12.4. The number of benzene rings is 2. The first-order valence-electron chi connectivity index (χ1n) is 7.00. The first-order chi connectivity index (χ1) is 11.3. The molecule has 1 atom stereocenters. The van der Waals surface area contributed by atoms with E-state index in [1.54, 1.807) is 24.3 Å². The summed E-state index contributed by atoms with van der Waals surface area (Å²) in [6.07, 6.45) is -4.43. The van der Waals surface area contributed by atoms with Crippen LogP contribution in [0.3, 0.4) is 0 Å². The van der Waals surface area contributed by atoms with Gasteiger partial charge in [0.05, 0.1) is 19.8 Å². The number of anilines is 1. The molecule has 0 saturated heterocycles. The van der Waals surface area contributed by atoms with E-state index in [1.807, 2.05) is 0 Å². The molecular weight excluding hydrogens is 323 g/mol. The SMILES string of the molecule is COC(=O)C(Nc1ccc(OC)cc1)c1ccc(C(F)(F)F)cc1. The summed E-state index contributed by atoms with van der Waals surface area (Å²) in [4.78, 5) is 12.0. The number of methoxy groups -OCH3 is 2. The molecule has 0 spiro atoms. The number of alkyl halides is 3. The molecule has 0 radical (unpaired) electrons. The predicted octanol–water partition coefficient (Wildman–Crippen LogP) is 4.04. The molecule has 1 N–H and O–H groups in total. The van der Waals surface area contributed by atoms with Gasteiger partial charge in [0.25, 0.3) is 0 Å². The van der Waals surface area contributed by atoms with E-state index in [2.05, 4.69) is 5.32 Å². The van der Waals surface area contributed by atoms with Crippen LogP contribution in [0.1, 0.15) is 17.2 Å². The van der Waals surface area contributed by atoms with Crippen molar-refractivity contribution in [2.75, 3.05) is 19.5 Å². The quantitative estimate of drug-likeness (QED) is 0.835. The zero-order valence-electron chi connectivity index (χ0n) is 13.1. The highest BCUT2D eigenvalue weighted by molar-refractivity contribution is 5.81. The fourth-order valence-electron chi connectivity index (χ4n) is 2.11. The van der Waals surface area contributed by atoms with Crippen LogP contribution in [0, 0.1) is 0 Å². The Hall–Kier alpha value is -2.70. The molecule has 4 nitrogen and oxygen atoms in total. The van der Waals surface area contributed by atoms with Gasteiger partial charge < -0.3 is 14.8 Å². The van der Waals surface area contributed by atoms with Crippen LogP contribution >= 0.6 is 0 Å². The smallest absolute Gasteiger partial charge is 0.416 e. The van der Waals surface area contributed by atoms with Crippen molar-refractivity contribution in [1.29, 1.82) is 0 Å². The lowest BCUT2D eigenvalue weighted by Gasteiger charge is -2.19. The van der Waals surface area contributed by atoms with Crippen LogP contribution < -0.4 is 10.1 Å². The first-order valence-corrected chi connectivity index (χ1v) is 7.00. The Morgan fingerprint density at radius 3 is 2.04 bits per heavy atom. The zero-order chi connectivity index (χ0) is 17.7. The summed E-state index contributed by atoms with van der Waals surface area (Å²) in [5.74, 6) is 0.0373. The van der Waals surface area contributed by atoms with Crippen molar-refractivity contribution in [3.63, 3.8) is 0 Å². The zero-order valence-corrected chi connectivity index (χ0v) is 13.1. The molecule has 0 heterocycles. The second kappa shape index (κ2) is 7.25. The molecule has 0 amide bonds. The molecule has 0 aromatic heterocycles. The number of ether oxygens (including phenoxy) is 2. The molecule has 7 heteroatoms. The Kier molecular flexibility index (Phi) is 5.33. The van der Waals surface area contributed by atoms with E-state index in [1.165, 1.54) is 26.4 Å². The third-order valence-corrected chi connectivity index (χ3v) is 3.41. The van der Waals surface area contributed by atoms with E-state index in [9.17, 15) is 18.0 Å². The van der Waals surface area contributed by atoms with Crippen LogP contribution in [0.5, 0.6) is 5.75 Å². The highest BCUT2D eigenvalue weighted by Gasteiger charge is 2.31. The summed E-state index contributed by atoms with van der Waals surface area (Å²) >= 11 is 0. The first kappa shape index (κ1) is 17.7. The van der Waals surface area contributed by atoms with Crippen LogP contribution in [0.4, 0.5) is 18.9 Å². The van der Waals surface area contributed by atoms with Crippen molar-refractivity contribution in [2.24, 2.45) is 0 Å². The monoisotopic (exact) mass is 339 g/mol. The number of rotatable bonds is 5. The average Bonchev–Trinajstić information content (AvgIpc) is 2.59. The van der Waals surface area contributed by atoms with Crippen LogP contribution in [0.2, 0.25) is 0 Å². The molecule has 2 rings (SSSR count). The lowest BCUT2D eigenvalue weighted by molar-refractivity contribution is -0.141. The maximum absolute atomic E-state index is 12.6. The summed E-state index contributed by atoms with van der Waals surface area (Å²) in [5, 5.41) is 2.94. The van der Waals surface area contributed by atoms with E-state index < -0.39 is 23.8 Å². The van der Waals surface area contributed by atoms with Crippen LogP contribution in [-0.4, -0.2) is 20.2 Å². The summed E-state index contributed by atoms with van der Waals surface area (Å²) in [6.45, 7) is 0. The van der Waals surface area contributed by atoms with Crippen molar-refractivity contribution in [3.8, 4) is 5.75 Å². The number of hydrogen-bond acceptors (Lipinski definition) is 4. The Morgan fingerprint density at radius 1 is 1.00 bits per heavy atom. The van der Waals surface area contributed by atoms with Gasteiger partial charge in [-0.2, -0.15) is 13.2 Å². The maximum Gasteiger partial charge on any atom is 0.416 e. The summed E-state index contributed by atoms with van der Waals surface area (Å²) in [6, 6.07) is 10.2. The number of carbonyl (C=O) groups excluding carboxylic acids is 1. The van der Waals surface area contributed by atoms with Crippen LogP contribution in [0.25, 0.3) is 0 Å². The number of halogens is 3. The average molecular weight is 339 g/mol. The number of esters is 1. The fraction of sp³-hybridized carbons (Fsp3) is 0.235. The number of hydrogen-bond donors (Lipinski definition) is 1. The lowest BCUT2D eigenvalue weighted by Crippen LogP contribution is -2.22. The van der Waals surface area contributed by atoms with E-state index in [4.69, 9.17) is 9.47 Å². The third kappa shape index (κ3) is 4.18. The van der Waals surface area contributed by atoms with E-state index in [0.29, 0.717) is 17.0 Å². The molecule has 0 aliphatic rings. The van der Waals surface area contributed by atoms with E-state index in [0.717, 1.165) is 12.1 Å². The highest BCUT2D eigenvalue weighted by atomic mass is 19.4. The minimum atomic E-state index is -4.43. The lowest BCUT2D eigenvalue weighted by atomic mass is 10.0. The van der Waals surface area contributed by atoms with Gasteiger partial charge in [0.2, 0.25) is 0 Å². The van der Waals surface area contributed by atoms with Crippen molar-refractivity contribution in [1.82, 2.24) is 0 Å². The summed E-state index contributed by atoms with van der Waals surface area (Å²) < 4.78 is 47.7. The Morgan fingerprint density at radius 2 is 1.58 bits per heavy atom. The molecule has 0 fully saturated rings. The molecule has 2 aromatic carbocycles. The number of carbonyl (C=O) groups is 1. The van der Waals surface area contributed by atoms with Gasteiger partial charge in [0, 0.05) is 5.69 Å². The molecule has 128 valence electrons. The molecule has 0 aliphatic heterocycles. The predicted molar refractivity (Wildman–Crippen MR) is 82.8 cm³/mol. The van der Waals surface area contributed by atoms with Gasteiger partial charge in [-0.25, -0.2) is 4.79 Å². The van der Waals surface area contributed by atoms with Crippen LogP contribution in [-0.2, 0) is 15.7 Å². The minimum Gasteiger partial charge on any atom is -0.497 e. The number of nitrogens with one attached hydrogen (secondary N) is 1. The third-order valence-electron chi connectivity index (χ3n) is 3.41. The van der Waals surface area contributed by atoms with Crippen molar-refractivity contribution < 1.29 is 27.4 Å². The molecule has 1 unspecified atom stereocenters. The minimum absolute atomic E-state index is 0.366. The topological polar surface area (TPSA) is 47.6 Å². The molecule has 0 aliphatic carbocycles. The summed E-state index contributed by atoms with van der Waals surface area (Å²) in [5.41, 5.74) is 0.191. The molecule has 0 saturated carbocycles. The van der Waals surface area contributed by atoms with Crippen molar-refractivity contribution >= 4 is 11.7 Å². The van der Waals surface area contributed by atoms with Gasteiger partial charge in [-0.05, 0) is 42.0 Å². The van der Waals surface area contributed by atoms with Gasteiger partial charge >= 0.3 is 12.1 Å².